The number of esters is 1. The van der Waals surface area contributed by atoms with Gasteiger partial charge in [-0.15, -0.1) is 10.2 Å². The summed E-state index contributed by atoms with van der Waals surface area (Å²) in [5.41, 5.74) is 0.661. The molecule has 2 atom stereocenters. The lowest BCUT2D eigenvalue weighted by atomic mass is 9.99. The molecular weight excluding hydrogens is 398 g/mol. The summed E-state index contributed by atoms with van der Waals surface area (Å²) in [6.45, 7) is 3.82. The lowest BCUT2D eigenvalue weighted by molar-refractivity contribution is -0.146. The van der Waals surface area contributed by atoms with Gasteiger partial charge in [0.2, 0.25) is 11.8 Å². The second-order valence-electron chi connectivity index (χ2n) is 6.19. The van der Waals surface area contributed by atoms with Gasteiger partial charge in [0.25, 0.3) is 5.22 Å². The quantitative estimate of drug-likeness (QED) is 0.455. The normalized spacial score (nSPS) is 12.7. The highest BCUT2D eigenvalue weighted by molar-refractivity contribution is 7.99. The van der Waals surface area contributed by atoms with Crippen molar-refractivity contribution in [2.45, 2.75) is 31.5 Å². The van der Waals surface area contributed by atoms with Gasteiger partial charge in [-0.1, -0.05) is 32.0 Å². The van der Waals surface area contributed by atoms with Gasteiger partial charge in [0, 0.05) is 5.56 Å². The van der Waals surface area contributed by atoms with E-state index in [4.69, 9.17) is 18.6 Å². The monoisotopic (exact) mass is 423 g/mol. The zero-order valence-electron chi connectivity index (χ0n) is 17.1. The molecule has 29 heavy (non-hydrogen) atoms. The predicted molar refractivity (Wildman–Crippen MR) is 107 cm³/mol. The third kappa shape index (κ3) is 5.86. The first-order chi connectivity index (χ1) is 13.9. The van der Waals surface area contributed by atoms with Crippen LogP contribution in [0.5, 0.6) is 11.5 Å². The van der Waals surface area contributed by atoms with E-state index in [1.54, 1.807) is 25.3 Å². The Kier molecular flexibility index (Phi) is 8.32. The Morgan fingerprint density at radius 1 is 1.17 bits per heavy atom. The van der Waals surface area contributed by atoms with E-state index in [-0.39, 0.29) is 22.8 Å². The van der Waals surface area contributed by atoms with Crippen LogP contribution in [0.15, 0.2) is 27.8 Å². The highest BCUT2D eigenvalue weighted by Gasteiger charge is 2.26. The third-order valence-corrected chi connectivity index (χ3v) is 5.17. The fourth-order valence-corrected chi connectivity index (χ4v) is 3.07. The molecule has 0 aliphatic heterocycles. The van der Waals surface area contributed by atoms with Gasteiger partial charge in [0.05, 0.1) is 27.1 Å². The van der Waals surface area contributed by atoms with Crippen molar-refractivity contribution in [2.24, 2.45) is 5.92 Å². The molecule has 0 unspecified atom stereocenters. The first-order valence-electron chi connectivity index (χ1n) is 8.99. The van der Waals surface area contributed by atoms with Gasteiger partial charge in [-0.2, -0.15) is 0 Å². The number of hydrogen-bond donors (Lipinski definition) is 1. The smallest absolute Gasteiger partial charge is 0.328 e. The van der Waals surface area contributed by atoms with E-state index < -0.39 is 12.0 Å². The van der Waals surface area contributed by atoms with Crippen molar-refractivity contribution >= 4 is 23.6 Å². The van der Waals surface area contributed by atoms with Crippen LogP contribution in [0.4, 0.5) is 0 Å². The van der Waals surface area contributed by atoms with Crippen molar-refractivity contribution < 1.29 is 28.2 Å². The Labute approximate surface area is 173 Å². The van der Waals surface area contributed by atoms with Crippen LogP contribution in [-0.4, -0.2) is 55.2 Å². The molecule has 1 heterocycles. The molecule has 1 N–H and O–H groups in total. The summed E-state index contributed by atoms with van der Waals surface area (Å²) in [5.74, 6) is 0.608. The molecule has 0 fully saturated rings. The standard InChI is InChI=1S/C19H25N3O6S/c1-6-11(2)16(18(24)27-5)20-15(23)10-29-19-22-21-17(28-19)12-7-8-13(25-3)14(9-12)26-4/h7-9,11,16H,6,10H2,1-5H3,(H,20,23)/t11-,16+/m0/s1. The van der Waals surface area contributed by atoms with Gasteiger partial charge in [0.1, 0.15) is 6.04 Å². The van der Waals surface area contributed by atoms with Crippen LogP contribution in [0, 0.1) is 5.92 Å². The number of benzene rings is 1. The zero-order valence-corrected chi connectivity index (χ0v) is 17.9. The number of hydrogen-bond acceptors (Lipinski definition) is 9. The minimum Gasteiger partial charge on any atom is -0.493 e. The van der Waals surface area contributed by atoms with E-state index in [2.05, 4.69) is 15.5 Å². The average Bonchev–Trinajstić information content (AvgIpc) is 3.23. The summed E-state index contributed by atoms with van der Waals surface area (Å²) in [5, 5.41) is 10.9. The number of thioether (sulfide) groups is 1. The molecule has 0 radical (unpaired) electrons. The van der Waals surface area contributed by atoms with Gasteiger partial charge >= 0.3 is 5.97 Å². The van der Waals surface area contributed by atoms with Crippen molar-refractivity contribution in [1.82, 2.24) is 15.5 Å². The first-order valence-corrected chi connectivity index (χ1v) is 9.97. The molecule has 1 amide bonds. The van der Waals surface area contributed by atoms with E-state index in [1.165, 1.54) is 14.2 Å². The van der Waals surface area contributed by atoms with Gasteiger partial charge in [-0.05, 0) is 24.1 Å². The molecule has 1 aromatic heterocycles. The van der Waals surface area contributed by atoms with Crippen LogP contribution in [0.2, 0.25) is 0 Å². The van der Waals surface area contributed by atoms with Crippen molar-refractivity contribution in [3.63, 3.8) is 0 Å². The third-order valence-electron chi connectivity index (χ3n) is 4.35. The largest absolute Gasteiger partial charge is 0.493 e. The number of carbonyl (C=O) groups is 2. The summed E-state index contributed by atoms with van der Waals surface area (Å²) in [6.07, 6.45) is 0.728. The Hall–Kier alpha value is -2.75. The molecule has 0 saturated carbocycles. The number of amides is 1. The molecule has 9 nitrogen and oxygen atoms in total. The maximum Gasteiger partial charge on any atom is 0.328 e. The second kappa shape index (κ2) is 10.7. The lowest BCUT2D eigenvalue weighted by Crippen LogP contribution is -2.46. The summed E-state index contributed by atoms with van der Waals surface area (Å²) >= 11 is 1.08. The fraction of sp³-hybridized carbons (Fsp3) is 0.474. The van der Waals surface area contributed by atoms with Crippen LogP contribution in [0.3, 0.4) is 0 Å². The summed E-state index contributed by atoms with van der Waals surface area (Å²) < 4.78 is 20.8. The van der Waals surface area contributed by atoms with Gasteiger partial charge in [-0.25, -0.2) is 4.79 Å². The van der Waals surface area contributed by atoms with E-state index in [0.717, 1.165) is 18.2 Å². The SMILES string of the molecule is CC[C@H](C)[C@@H](NC(=O)CSc1nnc(-c2ccc(OC)c(OC)c2)o1)C(=O)OC. The Bertz CT molecular complexity index is 841. The number of ether oxygens (including phenoxy) is 3. The molecular formula is C19H25N3O6S. The number of nitrogens with one attached hydrogen (secondary N) is 1. The van der Waals surface area contributed by atoms with Gasteiger partial charge < -0.3 is 23.9 Å². The summed E-state index contributed by atoms with van der Waals surface area (Å²) in [7, 11) is 4.39. The maximum absolute atomic E-state index is 12.2. The van der Waals surface area contributed by atoms with Crippen molar-refractivity contribution in [3.8, 4) is 23.0 Å². The highest BCUT2D eigenvalue weighted by Crippen LogP contribution is 2.32. The zero-order chi connectivity index (χ0) is 21.4. The maximum atomic E-state index is 12.2. The molecule has 2 rings (SSSR count). The van der Waals surface area contributed by atoms with Crippen LogP contribution < -0.4 is 14.8 Å². The van der Waals surface area contributed by atoms with Crippen LogP contribution in [-0.2, 0) is 14.3 Å². The fourth-order valence-electron chi connectivity index (χ4n) is 2.49. The first kappa shape index (κ1) is 22.5. The van der Waals surface area contributed by atoms with Gasteiger partial charge in [-0.3, -0.25) is 4.79 Å². The summed E-state index contributed by atoms with van der Waals surface area (Å²) in [6, 6.07) is 4.53. The average molecular weight is 423 g/mol. The predicted octanol–water partition coefficient (Wildman–Crippen LogP) is 2.55. The molecule has 2 aromatic rings. The Balaban J connectivity index is 2.00. The highest BCUT2D eigenvalue weighted by atomic mass is 32.2. The topological polar surface area (TPSA) is 113 Å². The summed E-state index contributed by atoms with van der Waals surface area (Å²) in [4.78, 5) is 24.1. The van der Waals surface area contributed by atoms with E-state index >= 15 is 0 Å². The number of carbonyl (C=O) groups excluding carboxylic acids is 2. The van der Waals surface area contributed by atoms with Gasteiger partial charge in [0.15, 0.2) is 11.5 Å². The van der Waals surface area contributed by atoms with E-state index in [0.29, 0.717) is 23.0 Å². The number of nitrogens with zero attached hydrogens (tertiary/aromatic N) is 2. The minimum atomic E-state index is -0.692. The molecule has 0 aliphatic rings. The molecule has 1 aromatic carbocycles. The van der Waals surface area contributed by atoms with Crippen molar-refractivity contribution in [1.29, 1.82) is 0 Å². The molecule has 0 saturated heterocycles. The minimum absolute atomic E-state index is 0.0253. The number of aromatic nitrogens is 2. The molecule has 10 heteroatoms. The van der Waals surface area contributed by atoms with Crippen molar-refractivity contribution in [2.75, 3.05) is 27.1 Å². The lowest BCUT2D eigenvalue weighted by Gasteiger charge is -2.21. The molecule has 0 aliphatic carbocycles. The van der Waals surface area contributed by atoms with E-state index in [9.17, 15) is 9.59 Å². The van der Waals surface area contributed by atoms with Crippen LogP contribution in [0.1, 0.15) is 20.3 Å². The molecule has 0 spiro atoms. The van der Waals surface area contributed by atoms with Crippen molar-refractivity contribution in [3.05, 3.63) is 18.2 Å². The van der Waals surface area contributed by atoms with Crippen LogP contribution >= 0.6 is 11.8 Å². The molecule has 158 valence electrons. The van der Waals surface area contributed by atoms with Crippen LogP contribution in [0.25, 0.3) is 11.5 Å². The number of rotatable bonds is 10. The molecule has 0 bridgehead atoms. The Morgan fingerprint density at radius 3 is 2.52 bits per heavy atom. The second-order valence-corrected chi connectivity index (χ2v) is 7.11. The van der Waals surface area contributed by atoms with E-state index in [1.807, 2.05) is 13.8 Å². The Morgan fingerprint density at radius 2 is 1.90 bits per heavy atom. The number of methoxy groups -OCH3 is 3.